The van der Waals surface area contributed by atoms with Crippen LogP contribution in [0.1, 0.15) is 101 Å². The van der Waals surface area contributed by atoms with Crippen LogP contribution < -0.4 is 4.74 Å². The molecule has 49 heavy (non-hydrogen) atoms. The fraction of sp³-hybridized carbons (Fsp3) is 0.349. The molecule has 6 heteroatoms. The van der Waals surface area contributed by atoms with Gasteiger partial charge >= 0.3 is 21.1 Å². The van der Waals surface area contributed by atoms with Crippen molar-refractivity contribution in [2.75, 3.05) is 0 Å². The van der Waals surface area contributed by atoms with Crippen LogP contribution in [0.2, 0.25) is 0 Å². The molecule has 3 heterocycles. The van der Waals surface area contributed by atoms with E-state index in [-0.39, 0.29) is 26.5 Å². The average Bonchev–Trinajstić information content (AvgIpc) is 3.53. The van der Waals surface area contributed by atoms with Crippen LogP contribution in [-0.2, 0) is 26.5 Å². The number of hydrogen-bond acceptors (Lipinski definition) is 3. The Morgan fingerprint density at radius 1 is 0.918 bits per heavy atom. The van der Waals surface area contributed by atoms with Crippen LogP contribution in [-0.4, -0.2) is 19.3 Å². The van der Waals surface area contributed by atoms with Gasteiger partial charge in [0.25, 0.3) is 0 Å². The Kier molecular flexibility index (Phi) is 9.54. The number of aromatic nitrogens is 4. The topological polar surface area (TPSA) is 44.9 Å². The summed E-state index contributed by atoms with van der Waals surface area (Å²) in [5, 5.41) is 7.38. The van der Waals surface area contributed by atoms with Gasteiger partial charge in [0.2, 0.25) is 0 Å². The van der Waals surface area contributed by atoms with E-state index in [1.807, 2.05) is 12.3 Å². The number of benzene rings is 3. The van der Waals surface area contributed by atoms with Crippen molar-refractivity contribution in [1.29, 1.82) is 0 Å². The van der Waals surface area contributed by atoms with Gasteiger partial charge in [0, 0.05) is 40.4 Å². The van der Waals surface area contributed by atoms with Crippen molar-refractivity contribution >= 4 is 21.8 Å². The third-order valence-corrected chi connectivity index (χ3v) is 10.2. The molecular weight excluding hydrogens is 784 g/mol. The van der Waals surface area contributed by atoms with Crippen molar-refractivity contribution in [3.05, 3.63) is 119 Å². The molecule has 7 rings (SSSR count). The number of nitrogens with zero attached hydrogens (tertiary/aromatic N) is 4. The predicted octanol–water partition coefficient (Wildman–Crippen LogP) is 11.3. The number of aryl methyl sites for hydroxylation is 1. The molecular formula is C43H46N4OPt. The monoisotopic (exact) mass is 829 g/mol. The molecule has 3 aromatic carbocycles. The Hall–Kier alpha value is -3.95. The van der Waals surface area contributed by atoms with Gasteiger partial charge in [0.1, 0.15) is 5.82 Å². The minimum atomic E-state index is -0.106. The standard InChI is InChI=1S/C43H46N4O.Pt/c1-26(2)31-19-20-44-40(21-31)46-38-16-11-10-15-36(38)37-18-17-34(25-39(37)46)48-35-23-32(43(7,8)9)22-33(24-35)47-30(6)42(29(5)45-47)41-27(3)13-12-14-28(41)4;/h10-11,13,15-23,26,28,41H,12,14H2,1-9H3;/q-2;+2/t28-,41?;/m0./s1. The van der Waals surface area contributed by atoms with Crippen molar-refractivity contribution < 1.29 is 25.8 Å². The van der Waals surface area contributed by atoms with Crippen LogP contribution in [0.15, 0.2) is 78.5 Å². The van der Waals surface area contributed by atoms with Gasteiger partial charge in [-0.05, 0) is 85.7 Å². The maximum Gasteiger partial charge on any atom is 2.00 e. The zero-order chi connectivity index (χ0) is 33.9. The van der Waals surface area contributed by atoms with E-state index in [1.165, 1.54) is 28.8 Å². The Morgan fingerprint density at radius 2 is 1.69 bits per heavy atom. The minimum absolute atomic E-state index is 0. The number of hydrogen-bond donors (Lipinski definition) is 0. The molecule has 254 valence electrons. The molecule has 0 N–H and O–H groups in total. The second-order valence-electron chi connectivity index (χ2n) is 15.0. The van der Waals surface area contributed by atoms with Gasteiger partial charge in [-0.1, -0.05) is 76.9 Å². The first kappa shape index (κ1) is 34.9. The van der Waals surface area contributed by atoms with Gasteiger partial charge in [0.15, 0.2) is 0 Å². The quantitative estimate of drug-likeness (QED) is 0.124. The molecule has 0 spiro atoms. The zero-order valence-electron chi connectivity index (χ0n) is 30.1. The van der Waals surface area contributed by atoms with Gasteiger partial charge < -0.3 is 9.30 Å². The maximum absolute atomic E-state index is 6.67. The fourth-order valence-electron chi connectivity index (χ4n) is 7.50. The van der Waals surface area contributed by atoms with E-state index in [4.69, 9.17) is 14.8 Å². The molecule has 0 radical (unpaired) electrons. The van der Waals surface area contributed by atoms with Crippen molar-refractivity contribution in [2.45, 2.75) is 92.4 Å². The molecule has 0 saturated carbocycles. The molecule has 3 aromatic heterocycles. The second kappa shape index (κ2) is 13.4. The van der Waals surface area contributed by atoms with E-state index in [0.717, 1.165) is 51.0 Å². The minimum Gasteiger partial charge on any atom is -0.509 e. The molecule has 5 nitrogen and oxygen atoms in total. The number of pyridine rings is 1. The third-order valence-electron chi connectivity index (χ3n) is 10.2. The summed E-state index contributed by atoms with van der Waals surface area (Å²) in [5.74, 6) is 3.52. The van der Waals surface area contributed by atoms with Crippen LogP contribution in [0, 0.1) is 31.9 Å². The average molecular weight is 830 g/mol. The van der Waals surface area contributed by atoms with E-state index in [2.05, 4.69) is 144 Å². The van der Waals surface area contributed by atoms with Crippen molar-refractivity contribution in [1.82, 2.24) is 19.3 Å². The third kappa shape index (κ3) is 6.43. The predicted molar refractivity (Wildman–Crippen MR) is 197 cm³/mol. The van der Waals surface area contributed by atoms with Gasteiger partial charge in [-0.3, -0.25) is 4.68 Å². The zero-order valence-corrected chi connectivity index (χ0v) is 32.4. The summed E-state index contributed by atoms with van der Waals surface area (Å²) < 4.78 is 10.9. The summed E-state index contributed by atoms with van der Waals surface area (Å²) in [7, 11) is 0. The molecule has 0 amide bonds. The van der Waals surface area contributed by atoms with Crippen LogP contribution in [0.4, 0.5) is 0 Å². The normalized spacial score (nSPS) is 16.7. The van der Waals surface area contributed by atoms with Crippen LogP contribution >= 0.6 is 0 Å². The van der Waals surface area contributed by atoms with Gasteiger partial charge in [-0.15, -0.1) is 41.3 Å². The Bertz CT molecular complexity index is 2200. The summed E-state index contributed by atoms with van der Waals surface area (Å²) >= 11 is 0. The van der Waals surface area contributed by atoms with Crippen molar-refractivity contribution in [3.63, 3.8) is 0 Å². The molecule has 1 aliphatic rings. The SMILES string of the molecule is CC1=CCC[C@H](C)C1c1c(C)nn(-c2[c-]c(Oc3[c-]c4c(cc3)c3ccccc3n4-c3cc(C(C)C)ccn3)cc(C(C)(C)C)c2)c1C.[Pt+2]. The van der Waals surface area contributed by atoms with Crippen LogP contribution in [0.3, 0.4) is 0 Å². The maximum atomic E-state index is 6.67. The molecule has 6 aromatic rings. The molecule has 1 aliphatic carbocycles. The van der Waals surface area contributed by atoms with E-state index in [9.17, 15) is 0 Å². The molecule has 0 fully saturated rings. The number of ether oxygens (including phenoxy) is 1. The molecule has 0 aliphatic heterocycles. The number of allylic oxidation sites excluding steroid dienone is 2. The van der Waals surface area contributed by atoms with E-state index < -0.39 is 0 Å². The molecule has 2 atom stereocenters. The van der Waals surface area contributed by atoms with Crippen LogP contribution in [0.5, 0.6) is 11.5 Å². The van der Waals surface area contributed by atoms with Gasteiger partial charge in [-0.25, -0.2) is 4.98 Å². The van der Waals surface area contributed by atoms with E-state index >= 15 is 0 Å². The smallest absolute Gasteiger partial charge is 0.509 e. The molecule has 0 bridgehead atoms. The van der Waals surface area contributed by atoms with Crippen molar-refractivity contribution in [2.24, 2.45) is 5.92 Å². The molecule has 1 unspecified atom stereocenters. The first-order chi connectivity index (χ1) is 22.9. The summed E-state index contributed by atoms with van der Waals surface area (Å²) in [5.41, 5.74) is 10.3. The van der Waals surface area contributed by atoms with E-state index in [1.54, 1.807) is 0 Å². The summed E-state index contributed by atoms with van der Waals surface area (Å²) in [6, 6.07) is 28.4. The first-order valence-electron chi connectivity index (χ1n) is 17.3. The number of para-hydroxylation sites is 1. The Labute approximate surface area is 305 Å². The van der Waals surface area contributed by atoms with Crippen molar-refractivity contribution in [3.8, 4) is 23.0 Å². The Morgan fingerprint density at radius 3 is 2.43 bits per heavy atom. The fourth-order valence-corrected chi connectivity index (χ4v) is 7.50. The number of fused-ring (bicyclic) bond motifs is 3. The Balaban J connectivity index is 0.00000417. The van der Waals surface area contributed by atoms with Gasteiger partial charge in [-0.2, -0.15) is 11.2 Å². The number of rotatable bonds is 6. The first-order valence-corrected chi connectivity index (χ1v) is 17.3. The van der Waals surface area contributed by atoms with E-state index in [0.29, 0.717) is 29.3 Å². The summed E-state index contributed by atoms with van der Waals surface area (Å²) in [6.45, 7) is 20.1. The molecule has 0 saturated heterocycles. The van der Waals surface area contributed by atoms with Crippen LogP contribution in [0.25, 0.3) is 33.3 Å². The second-order valence-corrected chi connectivity index (χ2v) is 15.0. The summed E-state index contributed by atoms with van der Waals surface area (Å²) in [6.07, 6.45) is 6.66. The largest absolute Gasteiger partial charge is 2.00 e. The van der Waals surface area contributed by atoms with Gasteiger partial charge in [0.05, 0.1) is 5.69 Å². The summed E-state index contributed by atoms with van der Waals surface area (Å²) in [4.78, 5) is 4.81.